The van der Waals surface area contributed by atoms with E-state index in [2.05, 4.69) is 20.3 Å². The molecule has 2 aliphatic heterocycles. The summed E-state index contributed by atoms with van der Waals surface area (Å²) < 4.78 is 7.84. The Bertz CT molecular complexity index is 600. The highest BCUT2D eigenvalue weighted by atomic mass is 16.5. The summed E-state index contributed by atoms with van der Waals surface area (Å²) in [5.74, 6) is 2.12. The Morgan fingerprint density at radius 1 is 1.33 bits per heavy atom. The van der Waals surface area contributed by atoms with Gasteiger partial charge in [0.15, 0.2) is 0 Å². The lowest BCUT2D eigenvalue weighted by molar-refractivity contribution is -0.148. The van der Waals surface area contributed by atoms with Crippen molar-refractivity contribution in [2.75, 3.05) is 19.7 Å². The molecule has 132 valence electrons. The Balaban J connectivity index is 1.32. The number of aryl methyl sites for hydroxylation is 2. The molecule has 3 heterocycles. The smallest absolute Gasteiger partial charge is 0.236 e. The maximum atomic E-state index is 12.7. The molecule has 24 heavy (non-hydrogen) atoms. The number of hydrogen-bond acceptors (Lipinski definition) is 5. The first-order valence-corrected chi connectivity index (χ1v) is 9.25. The number of carbonyl (C=O) groups excluding carboxylic acids is 1. The molecule has 1 aromatic heterocycles. The van der Waals surface area contributed by atoms with Crippen molar-refractivity contribution in [3.8, 4) is 0 Å². The Morgan fingerprint density at radius 2 is 2.21 bits per heavy atom. The lowest BCUT2D eigenvalue weighted by atomic mass is 9.90. The molecule has 1 saturated heterocycles. The summed E-state index contributed by atoms with van der Waals surface area (Å²) in [6.45, 7) is 4.56. The SMILES string of the molecule is Cc1nc2n(n1)C[C@H](NCC(=O)N1CCO[C@H]3CCCC[C@@H]31)CC2. The number of rotatable bonds is 3. The van der Waals surface area contributed by atoms with E-state index in [1.165, 1.54) is 12.8 Å². The molecule has 0 radical (unpaired) electrons. The molecule has 3 atom stereocenters. The molecule has 1 aromatic rings. The number of fused-ring (bicyclic) bond motifs is 2. The maximum Gasteiger partial charge on any atom is 0.236 e. The van der Waals surface area contributed by atoms with Gasteiger partial charge < -0.3 is 15.0 Å². The van der Waals surface area contributed by atoms with E-state index in [0.29, 0.717) is 19.2 Å². The minimum Gasteiger partial charge on any atom is -0.374 e. The molecule has 1 N–H and O–H groups in total. The molecule has 1 aliphatic carbocycles. The van der Waals surface area contributed by atoms with Crippen molar-refractivity contribution in [1.29, 1.82) is 0 Å². The van der Waals surface area contributed by atoms with Crippen molar-refractivity contribution in [3.63, 3.8) is 0 Å². The number of aromatic nitrogens is 3. The molecular formula is C17H27N5O2. The topological polar surface area (TPSA) is 72.3 Å². The van der Waals surface area contributed by atoms with Gasteiger partial charge in [0, 0.05) is 19.0 Å². The van der Waals surface area contributed by atoms with E-state index < -0.39 is 0 Å². The van der Waals surface area contributed by atoms with Crippen LogP contribution in [0.2, 0.25) is 0 Å². The molecule has 0 spiro atoms. The van der Waals surface area contributed by atoms with Crippen LogP contribution in [0, 0.1) is 6.92 Å². The molecular weight excluding hydrogens is 306 g/mol. The quantitative estimate of drug-likeness (QED) is 0.880. The summed E-state index contributed by atoms with van der Waals surface area (Å²) in [6, 6.07) is 0.587. The van der Waals surface area contributed by atoms with Gasteiger partial charge in [0.2, 0.25) is 5.91 Å². The van der Waals surface area contributed by atoms with Gasteiger partial charge in [0.05, 0.1) is 31.8 Å². The van der Waals surface area contributed by atoms with Gasteiger partial charge in [-0.15, -0.1) is 0 Å². The molecule has 1 amide bonds. The molecule has 7 heteroatoms. The van der Waals surface area contributed by atoms with Crippen LogP contribution in [-0.2, 0) is 22.5 Å². The Labute approximate surface area is 142 Å². The van der Waals surface area contributed by atoms with Crippen LogP contribution in [0.1, 0.15) is 43.8 Å². The van der Waals surface area contributed by atoms with Gasteiger partial charge >= 0.3 is 0 Å². The van der Waals surface area contributed by atoms with Crippen molar-refractivity contribution < 1.29 is 9.53 Å². The summed E-state index contributed by atoms with van der Waals surface area (Å²) in [6.07, 6.45) is 6.81. The summed E-state index contributed by atoms with van der Waals surface area (Å²) in [5.41, 5.74) is 0. The van der Waals surface area contributed by atoms with E-state index >= 15 is 0 Å². The van der Waals surface area contributed by atoms with Crippen LogP contribution in [0.15, 0.2) is 0 Å². The highest BCUT2D eigenvalue weighted by molar-refractivity contribution is 5.78. The zero-order valence-corrected chi connectivity index (χ0v) is 14.4. The van der Waals surface area contributed by atoms with Crippen molar-refractivity contribution >= 4 is 5.91 Å². The molecule has 1 saturated carbocycles. The van der Waals surface area contributed by atoms with Crippen LogP contribution in [-0.4, -0.2) is 63.5 Å². The van der Waals surface area contributed by atoms with Gasteiger partial charge in [-0.05, 0) is 26.2 Å². The number of amides is 1. The second-order valence-corrected chi connectivity index (χ2v) is 7.22. The third-order valence-corrected chi connectivity index (χ3v) is 5.56. The fraction of sp³-hybridized carbons (Fsp3) is 0.824. The third kappa shape index (κ3) is 3.19. The second-order valence-electron chi connectivity index (χ2n) is 7.22. The first-order valence-electron chi connectivity index (χ1n) is 9.25. The zero-order chi connectivity index (χ0) is 16.5. The van der Waals surface area contributed by atoms with Crippen LogP contribution < -0.4 is 5.32 Å². The standard InChI is InChI=1S/C17H27N5O2/c1-12-19-16-7-6-13(11-22(16)20-12)18-10-17(23)21-8-9-24-15-5-3-2-4-14(15)21/h13-15,18H,2-11H2,1H3/t13-,14+,15+/m1/s1. The van der Waals surface area contributed by atoms with E-state index in [0.717, 1.165) is 50.4 Å². The van der Waals surface area contributed by atoms with Crippen LogP contribution in [0.3, 0.4) is 0 Å². The van der Waals surface area contributed by atoms with Crippen LogP contribution in [0.25, 0.3) is 0 Å². The number of ether oxygens (including phenoxy) is 1. The number of morpholine rings is 1. The first-order chi connectivity index (χ1) is 11.7. The molecule has 2 fully saturated rings. The van der Waals surface area contributed by atoms with E-state index in [1.807, 2.05) is 11.6 Å². The minimum atomic E-state index is 0.218. The van der Waals surface area contributed by atoms with E-state index in [4.69, 9.17) is 4.74 Å². The average Bonchev–Trinajstić information content (AvgIpc) is 2.98. The Hall–Kier alpha value is -1.47. The molecule has 7 nitrogen and oxygen atoms in total. The van der Waals surface area contributed by atoms with Crippen molar-refractivity contribution in [3.05, 3.63) is 11.6 Å². The zero-order valence-electron chi connectivity index (χ0n) is 14.4. The van der Waals surface area contributed by atoms with E-state index in [9.17, 15) is 4.79 Å². The average molecular weight is 333 g/mol. The molecule has 3 aliphatic rings. The van der Waals surface area contributed by atoms with Crippen LogP contribution in [0.4, 0.5) is 0 Å². The Kier molecular flexibility index (Phi) is 4.54. The maximum absolute atomic E-state index is 12.7. The fourth-order valence-corrected chi connectivity index (χ4v) is 4.34. The molecule has 0 aromatic carbocycles. The van der Waals surface area contributed by atoms with Gasteiger partial charge in [0.1, 0.15) is 11.6 Å². The van der Waals surface area contributed by atoms with Gasteiger partial charge in [-0.25, -0.2) is 9.67 Å². The van der Waals surface area contributed by atoms with E-state index in [1.54, 1.807) is 0 Å². The summed E-state index contributed by atoms with van der Waals surface area (Å²) in [4.78, 5) is 19.2. The Morgan fingerprint density at radius 3 is 3.12 bits per heavy atom. The fourth-order valence-electron chi connectivity index (χ4n) is 4.34. The van der Waals surface area contributed by atoms with Gasteiger partial charge in [-0.3, -0.25) is 4.79 Å². The summed E-state index contributed by atoms with van der Waals surface area (Å²) >= 11 is 0. The van der Waals surface area contributed by atoms with Crippen LogP contribution in [0.5, 0.6) is 0 Å². The highest BCUT2D eigenvalue weighted by Crippen LogP contribution is 2.28. The number of nitrogens with zero attached hydrogens (tertiary/aromatic N) is 4. The first kappa shape index (κ1) is 16.0. The normalized spacial score (nSPS) is 29.9. The third-order valence-electron chi connectivity index (χ3n) is 5.56. The second kappa shape index (κ2) is 6.80. The van der Waals surface area contributed by atoms with Gasteiger partial charge in [-0.2, -0.15) is 5.10 Å². The van der Waals surface area contributed by atoms with Crippen molar-refractivity contribution in [2.45, 2.75) is 70.2 Å². The summed E-state index contributed by atoms with van der Waals surface area (Å²) in [5, 5.41) is 7.87. The van der Waals surface area contributed by atoms with Crippen molar-refractivity contribution in [2.24, 2.45) is 0 Å². The largest absolute Gasteiger partial charge is 0.374 e. The number of carbonyl (C=O) groups is 1. The minimum absolute atomic E-state index is 0.218. The lowest BCUT2D eigenvalue weighted by Gasteiger charge is -2.44. The molecule has 0 bridgehead atoms. The number of nitrogens with one attached hydrogen (secondary N) is 1. The monoisotopic (exact) mass is 333 g/mol. The lowest BCUT2D eigenvalue weighted by Crippen LogP contribution is -2.57. The van der Waals surface area contributed by atoms with Gasteiger partial charge in [-0.1, -0.05) is 12.8 Å². The highest BCUT2D eigenvalue weighted by Gasteiger charge is 2.36. The predicted octanol–water partition coefficient (Wildman–Crippen LogP) is 0.661. The predicted molar refractivity (Wildman–Crippen MR) is 88.6 cm³/mol. The molecule has 0 unspecified atom stereocenters. The van der Waals surface area contributed by atoms with Crippen molar-refractivity contribution in [1.82, 2.24) is 25.0 Å². The van der Waals surface area contributed by atoms with Crippen LogP contribution >= 0.6 is 0 Å². The number of hydrogen-bond donors (Lipinski definition) is 1. The summed E-state index contributed by atoms with van der Waals surface area (Å²) in [7, 11) is 0. The van der Waals surface area contributed by atoms with Gasteiger partial charge in [0.25, 0.3) is 0 Å². The molecule has 4 rings (SSSR count). The van der Waals surface area contributed by atoms with E-state index in [-0.39, 0.29) is 18.1 Å².